The first-order valence-corrected chi connectivity index (χ1v) is 3.63. The molecule has 9 heavy (non-hydrogen) atoms. The number of carbonyl (C=O) groups excluding carboxylic acids is 1. The minimum Gasteiger partial charge on any atom is -0.352 e. The van der Waals surface area contributed by atoms with Crippen LogP contribution in [0.4, 0.5) is 0 Å². The van der Waals surface area contributed by atoms with Crippen molar-refractivity contribution in [2.24, 2.45) is 5.92 Å². The monoisotopic (exact) mass is 147 g/mol. The summed E-state index contributed by atoms with van der Waals surface area (Å²) in [6.45, 7) is 2.11. The van der Waals surface area contributed by atoms with Crippen LogP contribution in [0.15, 0.2) is 0 Å². The van der Waals surface area contributed by atoms with Crippen LogP contribution in [0.3, 0.4) is 0 Å². The smallest absolute Gasteiger partial charge is 0.235 e. The zero-order chi connectivity index (χ0) is 6.85. The zero-order valence-electron chi connectivity index (χ0n) is 5.36. The Labute approximate surface area is 59.6 Å². The molecule has 0 heterocycles. The van der Waals surface area contributed by atoms with Crippen molar-refractivity contribution in [3.8, 4) is 0 Å². The molecule has 0 saturated heterocycles. The highest BCUT2D eigenvalue weighted by molar-refractivity contribution is 6.27. The maximum atomic E-state index is 10.6. The Hall–Kier alpha value is -0.240. The van der Waals surface area contributed by atoms with Gasteiger partial charge in [0.05, 0.1) is 0 Å². The average molecular weight is 148 g/mol. The van der Waals surface area contributed by atoms with Crippen LogP contribution in [0.5, 0.6) is 0 Å². The molecule has 0 aromatic carbocycles. The third-order valence-electron chi connectivity index (χ3n) is 1.58. The minimum atomic E-state index is -0.0500. The first kappa shape index (κ1) is 6.87. The Morgan fingerprint density at radius 3 is 2.78 bits per heavy atom. The van der Waals surface area contributed by atoms with E-state index >= 15 is 0 Å². The van der Waals surface area contributed by atoms with E-state index in [1.807, 2.05) is 0 Å². The maximum Gasteiger partial charge on any atom is 0.235 e. The van der Waals surface area contributed by atoms with Gasteiger partial charge in [-0.1, -0.05) is 6.92 Å². The van der Waals surface area contributed by atoms with E-state index in [0.717, 1.165) is 6.42 Å². The highest BCUT2D eigenvalue weighted by Gasteiger charge is 2.33. The predicted octanol–water partition coefficient (Wildman–Crippen LogP) is 0.750. The van der Waals surface area contributed by atoms with Crippen molar-refractivity contribution in [1.82, 2.24) is 5.32 Å². The lowest BCUT2D eigenvalue weighted by atomic mass is 10.5. The Kier molecular flexibility index (Phi) is 1.96. The van der Waals surface area contributed by atoms with Gasteiger partial charge < -0.3 is 5.32 Å². The summed E-state index contributed by atoms with van der Waals surface area (Å²) in [7, 11) is 0. The van der Waals surface area contributed by atoms with Gasteiger partial charge in [0.15, 0.2) is 0 Å². The van der Waals surface area contributed by atoms with E-state index in [4.69, 9.17) is 11.6 Å². The third-order valence-corrected chi connectivity index (χ3v) is 1.82. The van der Waals surface area contributed by atoms with Crippen LogP contribution in [0.2, 0.25) is 0 Å². The van der Waals surface area contributed by atoms with Crippen molar-refractivity contribution >= 4 is 17.5 Å². The largest absolute Gasteiger partial charge is 0.352 e. The van der Waals surface area contributed by atoms with Gasteiger partial charge in [0.25, 0.3) is 0 Å². The molecule has 2 nitrogen and oxygen atoms in total. The predicted molar refractivity (Wildman–Crippen MR) is 36.4 cm³/mol. The lowest BCUT2D eigenvalue weighted by molar-refractivity contribution is -0.118. The van der Waals surface area contributed by atoms with E-state index in [9.17, 15) is 4.79 Å². The second-order valence-corrected chi connectivity index (χ2v) is 2.79. The molecule has 1 aliphatic carbocycles. The Morgan fingerprint density at radius 1 is 1.89 bits per heavy atom. The van der Waals surface area contributed by atoms with Gasteiger partial charge in [0.2, 0.25) is 5.91 Å². The maximum absolute atomic E-state index is 10.6. The number of rotatable bonds is 2. The van der Waals surface area contributed by atoms with Crippen molar-refractivity contribution in [1.29, 1.82) is 0 Å². The van der Waals surface area contributed by atoms with E-state index in [2.05, 4.69) is 12.2 Å². The number of amides is 1. The van der Waals surface area contributed by atoms with E-state index in [-0.39, 0.29) is 11.8 Å². The summed E-state index contributed by atoms with van der Waals surface area (Å²) in [5, 5.41) is 2.78. The molecule has 1 fully saturated rings. The molecule has 0 bridgehead atoms. The Bertz CT molecular complexity index is 126. The lowest BCUT2D eigenvalue weighted by Gasteiger charge is -1.97. The molecule has 2 atom stereocenters. The van der Waals surface area contributed by atoms with Gasteiger partial charge in [0.1, 0.15) is 5.88 Å². The number of alkyl halides is 1. The molecule has 52 valence electrons. The Morgan fingerprint density at radius 2 is 2.44 bits per heavy atom. The number of hydrogen-bond donors (Lipinski definition) is 1. The molecule has 2 unspecified atom stereocenters. The van der Waals surface area contributed by atoms with Gasteiger partial charge in [-0.3, -0.25) is 4.79 Å². The molecule has 0 radical (unpaired) electrons. The van der Waals surface area contributed by atoms with Gasteiger partial charge in [-0.05, 0) is 12.3 Å². The molecule has 0 aromatic rings. The SMILES string of the molecule is CC1CC1NC(=O)CCl. The fraction of sp³-hybridized carbons (Fsp3) is 0.833. The minimum absolute atomic E-state index is 0.0500. The highest BCUT2D eigenvalue weighted by atomic mass is 35.5. The summed E-state index contributed by atoms with van der Waals surface area (Å²) < 4.78 is 0. The molecule has 1 rings (SSSR count). The van der Waals surface area contributed by atoms with Gasteiger partial charge in [-0.2, -0.15) is 0 Å². The summed E-state index contributed by atoms with van der Waals surface area (Å²) in [4.78, 5) is 10.6. The highest BCUT2D eigenvalue weighted by Crippen LogP contribution is 2.28. The normalized spacial score (nSPS) is 31.8. The van der Waals surface area contributed by atoms with Gasteiger partial charge >= 0.3 is 0 Å². The lowest BCUT2D eigenvalue weighted by Crippen LogP contribution is -2.27. The first-order valence-electron chi connectivity index (χ1n) is 3.09. The third kappa shape index (κ3) is 1.86. The molecular weight excluding hydrogens is 138 g/mol. The van der Waals surface area contributed by atoms with Crippen LogP contribution in [0, 0.1) is 5.92 Å². The Balaban J connectivity index is 2.12. The summed E-state index contributed by atoms with van der Waals surface area (Å²) in [5.74, 6) is 0.701. The van der Waals surface area contributed by atoms with Gasteiger partial charge in [0, 0.05) is 6.04 Å². The molecule has 0 aliphatic heterocycles. The van der Waals surface area contributed by atoms with Crippen LogP contribution in [-0.4, -0.2) is 17.8 Å². The van der Waals surface area contributed by atoms with Crippen molar-refractivity contribution in [2.45, 2.75) is 19.4 Å². The van der Waals surface area contributed by atoms with Crippen LogP contribution >= 0.6 is 11.6 Å². The number of carbonyl (C=O) groups is 1. The average Bonchev–Trinajstić information content (AvgIpc) is 2.47. The molecule has 3 heteroatoms. The summed E-state index contributed by atoms with van der Waals surface area (Å²) in [5.41, 5.74) is 0. The van der Waals surface area contributed by atoms with Crippen molar-refractivity contribution < 1.29 is 4.79 Å². The zero-order valence-corrected chi connectivity index (χ0v) is 6.11. The summed E-state index contributed by atoms with van der Waals surface area (Å²) in [6, 6.07) is 0.413. The quantitative estimate of drug-likeness (QED) is 0.574. The second kappa shape index (κ2) is 2.56. The molecular formula is C6H10ClNO. The fourth-order valence-electron chi connectivity index (χ4n) is 0.769. The molecule has 1 saturated carbocycles. The standard InChI is InChI=1S/C6H10ClNO/c1-4-2-5(4)8-6(9)3-7/h4-5H,2-3H2,1H3,(H,8,9). The van der Waals surface area contributed by atoms with Crippen LogP contribution < -0.4 is 5.32 Å². The van der Waals surface area contributed by atoms with Gasteiger partial charge in [-0.15, -0.1) is 11.6 Å². The number of halogens is 1. The van der Waals surface area contributed by atoms with Crippen LogP contribution in [-0.2, 0) is 4.79 Å². The van der Waals surface area contributed by atoms with Crippen LogP contribution in [0.25, 0.3) is 0 Å². The second-order valence-electron chi connectivity index (χ2n) is 2.52. The summed E-state index contributed by atoms with van der Waals surface area (Å²) in [6.07, 6.45) is 1.11. The molecule has 0 aromatic heterocycles. The molecule has 1 N–H and O–H groups in total. The molecule has 1 aliphatic rings. The van der Waals surface area contributed by atoms with E-state index in [1.165, 1.54) is 0 Å². The van der Waals surface area contributed by atoms with Gasteiger partial charge in [-0.25, -0.2) is 0 Å². The van der Waals surface area contributed by atoms with E-state index in [0.29, 0.717) is 12.0 Å². The first-order chi connectivity index (χ1) is 4.24. The fourth-order valence-corrected chi connectivity index (χ4v) is 0.846. The summed E-state index contributed by atoms with van der Waals surface area (Å²) >= 11 is 5.26. The van der Waals surface area contributed by atoms with Crippen molar-refractivity contribution in [3.63, 3.8) is 0 Å². The van der Waals surface area contributed by atoms with E-state index in [1.54, 1.807) is 0 Å². The number of hydrogen-bond acceptors (Lipinski definition) is 1. The number of nitrogens with one attached hydrogen (secondary N) is 1. The van der Waals surface area contributed by atoms with Crippen LogP contribution in [0.1, 0.15) is 13.3 Å². The molecule has 1 amide bonds. The molecule has 0 spiro atoms. The van der Waals surface area contributed by atoms with Crippen molar-refractivity contribution in [3.05, 3.63) is 0 Å². The van der Waals surface area contributed by atoms with Crippen molar-refractivity contribution in [2.75, 3.05) is 5.88 Å². The topological polar surface area (TPSA) is 29.1 Å². The van der Waals surface area contributed by atoms with E-state index < -0.39 is 0 Å².